The van der Waals surface area contributed by atoms with Crippen LogP contribution < -0.4 is 14.8 Å². The second-order valence-corrected chi connectivity index (χ2v) is 8.80. The summed E-state index contributed by atoms with van der Waals surface area (Å²) in [5, 5.41) is 6.89. The fourth-order valence-corrected chi connectivity index (χ4v) is 4.58. The fraction of sp³-hybridized carbons (Fsp3) is 0.440. The van der Waals surface area contributed by atoms with E-state index in [2.05, 4.69) is 15.4 Å². The number of furan rings is 1. The first-order chi connectivity index (χ1) is 16.2. The fourth-order valence-electron chi connectivity index (χ4n) is 4.58. The summed E-state index contributed by atoms with van der Waals surface area (Å²) in [4.78, 5) is 14.9. The second-order valence-electron chi connectivity index (χ2n) is 8.80. The molecule has 1 N–H and O–H groups in total. The minimum Gasteiger partial charge on any atom is -0.468 e. The van der Waals surface area contributed by atoms with E-state index in [1.807, 2.05) is 30.3 Å². The maximum Gasteiger partial charge on any atom is 0.273 e. The molecule has 33 heavy (non-hydrogen) atoms. The Kier molecular flexibility index (Phi) is 6.62. The van der Waals surface area contributed by atoms with E-state index in [4.69, 9.17) is 18.4 Å². The number of carbonyl (C=O) groups is 1. The van der Waals surface area contributed by atoms with E-state index < -0.39 is 0 Å². The van der Waals surface area contributed by atoms with Gasteiger partial charge in [0.1, 0.15) is 5.76 Å². The van der Waals surface area contributed by atoms with Gasteiger partial charge in [0.05, 0.1) is 19.4 Å². The Morgan fingerprint density at radius 3 is 2.73 bits per heavy atom. The number of amides is 1. The Morgan fingerprint density at radius 1 is 1.03 bits per heavy atom. The van der Waals surface area contributed by atoms with Crippen molar-refractivity contribution in [3.05, 3.63) is 65.4 Å². The summed E-state index contributed by atoms with van der Waals surface area (Å²) in [6, 6.07) is 11.2. The zero-order valence-corrected chi connectivity index (χ0v) is 18.6. The number of benzene rings is 1. The highest BCUT2D eigenvalue weighted by Gasteiger charge is 2.21. The van der Waals surface area contributed by atoms with E-state index in [1.54, 1.807) is 12.3 Å². The molecule has 3 heterocycles. The molecule has 1 aromatic carbocycles. The first-order valence-corrected chi connectivity index (χ1v) is 11.6. The molecule has 0 radical (unpaired) electrons. The van der Waals surface area contributed by atoms with Gasteiger partial charge in [0.15, 0.2) is 23.0 Å². The third-order valence-corrected chi connectivity index (χ3v) is 6.26. The van der Waals surface area contributed by atoms with Crippen LogP contribution in [0.1, 0.15) is 59.7 Å². The third-order valence-electron chi connectivity index (χ3n) is 6.26. The maximum absolute atomic E-state index is 12.6. The van der Waals surface area contributed by atoms with Crippen molar-refractivity contribution in [2.24, 2.45) is 5.92 Å². The maximum atomic E-state index is 12.6. The molecule has 2 aromatic heterocycles. The molecule has 0 bridgehead atoms. The number of carbonyl (C=O) groups excluding carboxylic acids is 1. The van der Waals surface area contributed by atoms with Crippen molar-refractivity contribution in [2.45, 2.75) is 51.7 Å². The number of nitrogens with zero attached hydrogens (tertiary/aromatic N) is 2. The number of fused-ring (bicyclic) bond motifs is 1. The van der Waals surface area contributed by atoms with Gasteiger partial charge in [-0.3, -0.25) is 9.69 Å². The largest absolute Gasteiger partial charge is 0.468 e. The molecule has 3 aromatic rings. The first kappa shape index (κ1) is 21.6. The SMILES string of the molecule is O=C(NCc1ccc2c(c1)OCO2)c1cc(CN(Cc2ccco2)CC2CCCCC2)on1. The summed E-state index contributed by atoms with van der Waals surface area (Å²) >= 11 is 0. The normalized spacial score (nSPS) is 15.8. The lowest BCUT2D eigenvalue weighted by molar-refractivity contribution is 0.0941. The number of nitrogens with one attached hydrogen (secondary N) is 1. The summed E-state index contributed by atoms with van der Waals surface area (Å²) in [5.74, 6) is 3.42. The molecule has 2 aliphatic rings. The van der Waals surface area contributed by atoms with Crippen LogP contribution in [0.4, 0.5) is 0 Å². The van der Waals surface area contributed by atoms with Crippen LogP contribution in [0.3, 0.4) is 0 Å². The number of ether oxygens (including phenoxy) is 2. The zero-order chi connectivity index (χ0) is 22.5. The van der Waals surface area contributed by atoms with Gasteiger partial charge in [-0.15, -0.1) is 0 Å². The Bertz CT molecular complexity index is 1060. The molecular weight excluding hydrogens is 422 g/mol. The topological polar surface area (TPSA) is 90.0 Å². The van der Waals surface area contributed by atoms with Crippen molar-refractivity contribution in [3.8, 4) is 11.5 Å². The second kappa shape index (κ2) is 10.1. The lowest BCUT2D eigenvalue weighted by Crippen LogP contribution is -2.29. The number of hydrogen-bond acceptors (Lipinski definition) is 7. The molecule has 0 spiro atoms. The summed E-state index contributed by atoms with van der Waals surface area (Å²) < 4.78 is 21.8. The van der Waals surface area contributed by atoms with Crippen LogP contribution in [0.25, 0.3) is 0 Å². The highest BCUT2D eigenvalue weighted by molar-refractivity contribution is 5.92. The molecule has 0 atom stereocenters. The lowest BCUT2D eigenvalue weighted by Gasteiger charge is -2.28. The van der Waals surface area contributed by atoms with Gasteiger partial charge >= 0.3 is 0 Å². The minimum atomic E-state index is -0.271. The van der Waals surface area contributed by atoms with Gasteiger partial charge in [0, 0.05) is 19.2 Å². The quantitative estimate of drug-likeness (QED) is 0.512. The van der Waals surface area contributed by atoms with Gasteiger partial charge in [0.2, 0.25) is 6.79 Å². The molecule has 1 amide bonds. The van der Waals surface area contributed by atoms with Gasteiger partial charge in [-0.1, -0.05) is 30.5 Å². The Morgan fingerprint density at radius 2 is 1.88 bits per heavy atom. The van der Waals surface area contributed by atoms with Crippen molar-refractivity contribution in [1.82, 2.24) is 15.4 Å². The molecule has 0 unspecified atom stereocenters. The van der Waals surface area contributed by atoms with Crippen LogP contribution in [0.2, 0.25) is 0 Å². The molecule has 8 nitrogen and oxygen atoms in total. The van der Waals surface area contributed by atoms with Crippen LogP contribution in [-0.4, -0.2) is 29.3 Å². The van der Waals surface area contributed by atoms with E-state index in [-0.39, 0.29) is 18.4 Å². The summed E-state index contributed by atoms with van der Waals surface area (Å²) in [6.45, 7) is 2.86. The smallest absolute Gasteiger partial charge is 0.273 e. The molecule has 0 saturated heterocycles. The van der Waals surface area contributed by atoms with Crippen molar-refractivity contribution < 1.29 is 23.2 Å². The zero-order valence-electron chi connectivity index (χ0n) is 18.6. The monoisotopic (exact) mass is 451 g/mol. The average molecular weight is 452 g/mol. The molecule has 1 saturated carbocycles. The lowest BCUT2D eigenvalue weighted by atomic mass is 9.89. The van der Waals surface area contributed by atoms with Crippen LogP contribution in [0.15, 0.2) is 51.6 Å². The van der Waals surface area contributed by atoms with E-state index in [0.29, 0.717) is 37.1 Å². The number of aromatic nitrogens is 1. The van der Waals surface area contributed by atoms with E-state index in [9.17, 15) is 4.79 Å². The molecule has 5 rings (SSSR count). The van der Waals surface area contributed by atoms with E-state index in [1.165, 1.54) is 32.1 Å². The predicted octanol–water partition coefficient (Wildman–Crippen LogP) is 4.51. The first-order valence-electron chi connectivity index (χ1n) is 11.6. The Labute approximate surface area is 192 Å². The van der Waals surface area contributed by atoms with Gasteiger partial charge < -0.3 is 23.7 Å². The third kappa shape index (κ3) is 5.57. The highest BCUT2D eigenvalue weighted by atomic mass is 16.7. The summed E-state index contributed by atoms with van der Waals surface area (Å²) in [6.07, 6.45) is 8.16. The Hall–Kier alpha value is -3.26. The average Bonchev–Trinajstić information content (AvgIpc) is 3.60. The van der Waals surface area contributed by atoms with Crippen molar-refractivity contribution in [2.75, 3.05) is 13.3 Å². The van der Waals surface area contributed by atoms with Gasteiger partial charge in [-0.25, -0.2) is 0 Å². The highest BCUT2D eigenvalue weighted by Crippen LogP contribution is 2.32. The van der Waals surface area contributed by atoms with Crippen LogP contribution >= 0.6 is 0 Å². The number of hydrogen-bond donors (Lipinski definition) is 1. The molecule has 174 valence electrons. The van der Waals surface area contributed by atoms with Crippen molar-refractivity contribution >= 4 is 5.91 Å². The molecule has 1 aliphatic heterocycles. The van der Waals surface area contributed by atoms with Crippen LogP contribution in [-0.2, 0) is 19.6 Å². The Balaban J connectivity index is 1.19. The van der Waals surface area contributed by atoms with Gasteiger partial charge in [-0.05, 0) is 48.6 Å². The van der Waals surface area contributed by atoms with E-state index in [0.717, 1.165) is 23.6 Å². The summed E-state index contributed by atoms with van der Waals surface area (Å²) in [5.41, 5.74) is 1.20. The molecule has 1 aliphatic carbocycles. The van der Waals surface area contributed by atoms with E-state index >= 15 is 0 Å². The standard InChI is InChI=1S/C25H29N3O5/c29-25(26-13-19-8-9-23-24(11-19)32-17-31-23)22-12-21(33-27-22)16-28(15-20-7-4-10-30-20)14-18-5-2-1-3-6-18/h4,7-12,18H,1-3,5-6,13-17H2,(H,26,29). The molecular formula is C25H29N3O5. The van der Waals surface area contributed by atoms with Gasteiger partial charge in [-0.2, -0.15) is 0 Å². The molecule has 1 fully saturated rings. The number of rotatable bonds is 9. The van der Waals surface area contributed by atoms with Gasteiger partial charge in [0.25, 0.3) is 5.91 Å². The van der Waals surface area contributed by atoms with Crippen molar-refractivity contribution in [3.63, 3.8) is 0 Å². The molecule has 8 heteroatoms. The predicted molar refractivity (Wildman–Crippen MR) is 120 cm³/mol. The summed E-state index contributed by atoms with van der Waals surface area (Å²) in [7, 11) is 0. The minimum absolute atomic E-state index is 0.227. The van der Waals surface area contributed by atoms with Crippen LogP contribution in [0.5, 0.6) is 11.5 Å². The van der Waals surface area contributed by atoms with Crippen LogP contribution in [0, 0.1) is 5.92 Å². The van der Waals surface area contributed by atoms with Crippen molar-refractivity contribution in [1.29, 1.82) is 0 Å².